The topological polar surface area (TPSA) is 202 Å². The van der Waals surface area contributed by atoms with Crippen molar-refractivity contribution in [2.24, 2.45) is 17.8 Å². The first kappa shape index (κ1) is 28.2. The van der Waals surface area contributed by atoms with Crippen molar-refractivity contribution in [3.05, 3.63) is 35.6 Å². The van der Waals surface area contributed by atoms with Crippen molar-refractivity contribution in [3.8, 4) is 11.5 Å². The number of esters is 1. The lowest BCUT2D eigenvalue weighted by Crippen LogP contribution is -2.60. The number of aliphatic hydroxyl groups excluding tert-OH is 4. The molecular weight excluding hydrogens is 508 g/mol. The van der Waals surface area contributed by atoms with Crippen LogP contribution in [0.25, 0.3) is 0 Å². The fourth-order valence-corrected chi connectivity index (χ4v) is 5.07. The molecular formula is C25H32O13. The molecule has 10 atom stereocenters. The first-order valence-electron chi connectivity index (χ1n) is 12.1. The minimum Gasteiger partial charge on any atom is -0.504 e. The molecule has 38 heavy (non-hydrogen) atoms. The first-order chi connectivity index (χ1) is 18.1. The van der Waals surface area contributed by atoms with Gasteiger partial charge in [-0.2, -0.15) is 0 Å². The summed E-state index contributed by atoms with van der Waals surface area (Å²) in [5.74, 6) is -3.43. The third kappa shape index (κ3) is 5.36. The third-order valence-electron chi connectivity index (χ3n) is 7.39. The quantitative estimate of drug-likeness (QED) is 0.177. The van der Waals surface area contributed by atoms with E-state index in [9.17, 15) is 40.2 Å². The van der Waals surface area contributed by atoms with Crippen molar-refractivity contribution in [2.45, 2.75) is 56.4 Å². The number of benzene rings is 1. The highest BCUT2D eigenvalue weighted by Crippen LogP contribution is 2.46. The van der Waals surface area contributed by atoms with Crippen LogP contribution in [0.15, 0.2) is 30.0 Å². The van der Waals surface area contributed by atoms with Crippen LogP contribution in [0, 0.1) is 17.8 Å². The second-order valence-electron chi connectivity index (χ2n) is 9.62. The fourth-order valence-electron chi connectivity index (χ4n) is 5.07. The monoisotopic (exact) mass is 540 g/mol. The number of phenolic OH excluding ortho intramolecular Hbond substituents is 2. The molecule has 6 N–H and O–H groups in total. The average molecular weight is 541 g/mol. The van der Waals surface area contributed by atoms with Gasteiger partial charge in [0.15, 0.2) is 17.8 Å². The van der Waals surface area contributed by atoms with Crippen molar-refractivity contribution in [1.29, 1.82) is 0 Å². The number of ketones is 1. The minimum absolute atomic E-state index is 0.0181. The van der Waals surface area contributed by atoms with E-state index in [2.05, 4.69) is 0 Å². The Kier molecular flexibility index (Phi) is 8.57. The van der Waals surface area contributed by atoms with Gasteiger partial charge in [-0.05, 0) is 17.7 Å². The third-order valence-corrected chi connectivity index (χ3v) is 7.39. The Balaban J connectivity index is 1.47. The Morgan fingerprint density at radius 3 is 2.50 bits per heavy atom. The summed E-state index contributed by atoms with van der Waals surface area (Å²) in [6, 6.07) is 4.07. The van der Waals surface area contributed by atoms with E-state index in [1.165, 1.54) is 25.3 Å². The molecule has 1 saturated heterocycles. The van der Waals surface area contributed by atoms with Crippen molar-refractivity contribution in [1.82, 2.24) is 0 Å². The van der Waals surface area contributed by atoms with Crippen LogP contribution in [0.1, 0.15) is 25.0 Å². The van der Waals surface area contributed by atoms with E-state index in [1.54, 1.807) is 6.92 Å². The summed E-state index contributed by atoms with van der Waals surface area (Å²) in [6.07, 6.45) is -8.31. The Labute approximate surface area is 217 Å². The van der Waals surface area contributed by atoms with Crippen molar-refractivity contribution in [2.75, 3.05) is 20.3 Å². The fraction of sp³-hybridized carbons (Fsp3) is 0.600. The maximum Gasteiger partial charge on any atom is 0.337 e. The number of hydrogen-bond acceptors (Lipinski definition) is 13. The summed E-state index contributed by atoms with van der Waals surface area (Å²) in [5, 5.41) is 59.0. The molecule has 13 nitrogen and oxygen atoms in total. The largest absolute Gasteiger partial charge is 0.504 e. The highest BCUT2D eigenvalue weighted by Gasteiger charge is 2.53. The Morgan fingerprint density at radius 2 is 1.84 bits per heavy atom. The Morgan fingerprint density at radius 1 is 1.11 bits per heavy atom. The van der Waals surface area contributed by atoms with Gasteiger partial charge in [-0.1, -0.05) is 13.0 Å². The Hall–Kier alpha value is -2.78. The molecule has 1 saturated carbocycles. The van der Waals surface area contributed by atoms with E-state index in [4.69, 9.17) is 23.7 Å². The summed E-state index contributed by atoms with van der Waals surface area (Å²) in [4.78, 5) is 25.6. The second kappa shape index (κ2) is 11.5. The number of hydrogen-bond donors (Lipinski definition) is 6. The van der Waals surface area contributed by atoms with E-state index in [0.717, 1.165) is 6.26 Å². The van der Waals surface area contributed by atoms with E-state index in [1.807, 2.05) is 0 Å². The number of aromatic hydroxyl groups is 2. The summed E-state index contributed by atoms with van der Waals surface area (Å²) in [5.41, 5.74) is 0.560. The van der Waals surface area contributed by atoms with Crippen LogP contribution in [0.5, 0.6) is 11.5 Å². The van der Waals surface area contributed by atoms with Crippen LogP contribution >= 0.6 is 0 Å². The number of ether oxygens (including phenoxy) is 5. The lowest BCUT2D eigenvalue weighted by atomic mass is 9.83. The molecule has 1 aromatic carbocycles. The van der Waals surface area contributed by atoms with Crippen LogP contribution in [0.3, 0.4) is 0 Å². The molecule has 0 aromatic heterocycles. The van der Waals surface area contributed by atoms with Crippen molar-refractivity contribution < 1.29 is 63.9 Å². The number of phenols is 2. The van der Waals surface area contributed by atoms with Gasteiger partial charge in [0.25, 0.3) is 0 Å². The molecule has 0 spiro atoms. The standard InChI is InChI=1S/C25H32O13/c1-10-15(28)6-12-13(23(33)35-9-18(34-2)11-3-4-14(27)16(29)5-11)8-36-24(19(10)12)38-25-22(32)21(31)20(30)17(7-26)37-25/h3-5,8,10,12,17-22,24-27,29-32H,6-7,9H2,1-2H3/t10-,12+,17-,18+,19+,20-,21+,22-,24+,25+/m0/s1. The maximum absolute atomic E-state index is 13.0. The molecule has 0 radical (unpaired) electrons. The number of rotatable bonds is 8. The van der Waals surface area contributed by atoms with Gasteiger partial charge < -0.3 is 54.3 Å². The number of aliphatic hydroxyl groups is 4. The molecule has 0 amide bonds. The van der Waals surface area contributed by atoms with Gasteiger partial charge in [-0.25, -0.2) is 4.79 Å². The number of fused-ring (bicyclic) bond motifs is 1. The van der Waals surface area contributed by atoms with Gasteiger partial charge in [0.05, 0.1) is 18.4 Å². The predicted octanol–water partition coefficient (Wildman–Crippen LogP) is -0.773. The normalized spacial score (nSPS) is 35.7. The molecule has 1 aliphatic carbocycles. The molecule has 2 fully saturated rings. The van der Waals surface area contributed by atoms with Crippen LogP contribution in [-0.4, -0.2) is 99.7 Å². The molecule has 1 aromatic rings. The zero-order valence-corrected chi connectivity index (χ0v) is 20.7. The molecule has 4 rings (SSSR count). The number of Topliss-reactive ketones (excluding diaryl/α,β-unsaturated/α-hetero) is 1. The lowest BCUT2D eigenvalue weighted by molar-refractivity contribution is -0.342. The summed E-state index contributed by atoms with van der Waals surface area (Å²) >= 11 is 0. The highest BCUT2D eigenvalue weighted by atomic mass is 16.8. The summed E-state index contributed by atoms with van der Waals surface area (Å²) < 4.78 is 27.6. The van der Waals surface area contributed by atoms with E-state index < -0.39 is 73.4 Å². The number of carbonyl (C=O) groups is 2. The molecule has 3 aliphatic rings. The SMILES string of the molecule is CO[C@H](COC(=O)C1=CO[C@H](O[C@H]2O[C@@H](CO)[C@H](O)[C@@H](O)[C@@H]2O)[C@H]2[C@@H]1CC(=O)[C@@H]2C)c1ccc(O)c(O)c1. The minimum atomic E-state index is -1.66. The molecule has 0 bridgehead atoms. The zero-order chi connectivity index (χ0) is 27.7. The van der Waals surface area contributed by atoms with Crippen molar-refractivity contribution >= 4 is 11.8 Å². The molecule has 0 unspecified atom stereocenters. The van der Waals surface area contributed by atoms with Gasteiger partial charge in [-0.15, -0.1) is 0 Å². The van der Waals surface area contributed by atoms with E-state index in [0.29, 0.717) is 5.56 Å². The van der Waals surface area contributed by atoms with Crippen LogP contribution in [0.2, 0.25) is 0 Å². The van der Waals surface area contributed by atoms with Gasteiger partial charge >= 0.3 is 5.97 Å². The lowest BCUT2D eigenvalue weighted by Gasteiger charge is -2.42. The van der Waals surface area contributed by atoms with Gasteiger partial charge in [0.2, 0.25) is 6.29 Å². The molecule has 210 valence electrons. The second-order valence-corrected chi connectivity index (χ2v) is 9.62. The highest BCUT2D eigenvalue weighted by molar-refractivity contribution is 5.93. The summed E-state index contributed by atoms with van der Waals surface area (Å²) in [6.45, 7) is 0.786. The van der Waals surface area contributed by atoms with Gasteiger partial charge in [0.1, 0.15) is 42.9 Å². The maximum atomic E-state index is 13.0. The molecule has 2 aliphatic heterocycles. The van der Waals surface area contributed by atoms with Crippen LogP contribution in [0.4, 0.5) is 0 Å². The smallest absolute Gasteiger partial charge is 0.337 e. The van der Waals surface area contributed by atoms with Crippen LogP contribution < -0.4 is 0 Å². The van der Waals surface area contributed by atoms with E-state index >= 15 is 0 Å². The van der Waals surface area contributed by atoms with Crippen LogP contribution in [-0.2, 0) is 33.3 Å². The average Bonchev–Trinajstić information content (AvgIpc) is 3.20. The Bertz CT molecular complexity index is 1060. The van der Waals surface area contributed by atoms with Crippen molar-refractivity contribution in [3.63, 3.8) is 0 Å². The van der Waals surface area contributed by atoms with Gasteiger partial charge in [0, 0.05) is 31.3 Å². The molecule has 2 heterocycles. The molecule has 13 heteroatoms. The number of methoxy groups -OCH3 is 1. The van der Waals surface area contributed by atoms with Gasteiger partial charge in [-0.3, -0.25) is 4.79 Å². The first-order valence-corrected chi connectivity index (χ1v) is 12.1. The predicted molar refractivity (Wildman–Crippen MR) is 124 cm³/mol. The number of carbonyl (C=O) groups excluding carboxylic acids is 2. The summed E-state index contributed by atoms with van der Waals surface area (Å²) in [7, 11) is 1.39. The van der Waals surface area contributed by atoms with E-state index in [-0.39, 0.29) is 35.9 Å². The zero-order valence-electron chi connectivity index (χ0n) is 20.7.